The number of thiazole rings is 1. The molecular formula is C31H30F2N8O4S. The van der Waals surface area contributed by atoms with Crippen molar-refractivity contribution in [1.29, 1.82) is 0 Å². The van der Waals surface area contributed by atoms with Gasteiger partial charge in [-0.3, -0.25) is 10.1 Å². The van der Waals surface area contributed by atoms with Gasteiger partial charge in [-0.05, 0) is 55.8 Å². The molecule has 238 valence electrons. The maximum absolute atomic E-state index is 14.8. The van der Waals surface area contributed by atoms with Crippen molar-refractivity contribution in [3.05, 3.63) is 83.4 Å². The summed E-state index contributed by atoms with van der Waals surface area (Å²) in [4.78, 5) is 36.0. The Hall–Kier alpha value is -5.57. The van der Waals surface area contributed by atoms with E-state index < -0.39 is 23.6 Å². The number of likely N-dealkylation sites (N-methyl/N-ethyl adjacent to an activating group) is 1. The summed E-state index contributed by atoms with van der Waals surface area (Å²) in [5.74, 6) is -2.51. The number of methoxy groups -OCH3 is 1. The highest BCUT2D eigenvalue weighted by Crippen LogP contribution is 2.36. The first-order chi connectivity index (χ1) is 22.1. The summed E-state index contributed by atoms with van der Waals surface area (Å²) >= 11 is 0.975. The molecule has 0 aliphatic carbocycles. The highest BCUT2D eigenvalue weighted by Gasteiger charge is 2.22. The Morgan fingerprint density at radius 2 is 1.85 bits per heavy atom. The fourth-order valence-electron chi connectivity index (χ4n) is 4.48. The Kier molecular flexibility index (Phi) is 9.71. The Balaban J connectivity index is 1.24. The third-order valence-corrected chi connectivity index (χ3v) is 7.76. The van der Waals surface area contributed by atoms with Crippen LogP contribution in [0.5, 0.6) is 5.75 Å². The number of aromatic nitrogens is 3. The van der Waals surface area contributed by atoms with Gasteiger partial charge in [0.15, 0.2) is 5.13 Å². The second-order valence-electron chi connectivity index (χ2n) is 9.95. The van der Waals surface area contributed by atoms with Crippen LogP contribution in [0.15, 0.2) is 65.2 Å². The summed E-state index contributed by atoms with van der Waals surface area (Å²) < 4.78 is 39.8. The SMILES string of the molecule is CCN(CCNC(=O)Nc1nc(N)c(-c2nc(-c3cc(NC(=O)c4cccc(OC)c4)c(F)cc3F)no2)s1)c1cccc(C)c1. The van der Waals surface area contributed by atoms with Gasteiger partial charge in [0.2, 0.25) is 5.82 Å². The summed E-state index contributed by atoms with van der Waals surface area (Å²) in [7, 11) is 1.45. The molecule has 0 unspecified atom stereocenters. The number of urea groups is 1. The van der Waals surface area contributed by atoms with Crippen molar-refractivity contribution < 1.29 is 27.6 Å². The van der Waals surface area contributed by atoms with E-state index in [0.717, 1.165) is 35.2 Å². The van der Waals surface area contributed by atoms with E-state index >= 15 is 0 Å². The lowest BCUT2D eigenvalue weighted by Gasteiger charge is -2.23. The lowest BCUT2D eigenvalue weighted by Crippen LogP contribution is -2.37. The minimum Gasteiger partial charge on any atom is -0.497 e. The smallest absolute Gasteiger partial charge is 0.321 e. The topological polar surface area (TPSA) is 161 Å². The van der Waals surface area contributed by atoms with Crippen molar-refractivity contribution in [3.63, 3.8) is 0 Å². The lowest BCUT2D eigenvalue weighted by molar-refractivity contribution is 0.102. The molecule has 3 aromatic carbocycles. The molecule has 0 fully saturated rings. The second-order valence-corrected chi connectivity index (χ2v) is 11.0. The molecule has 46 heavy (non-hydrogen) atoms. The van der Waals surface area contributed by atoms with E-state index in [0.29, 0.717) is 24.9 Å². The van der Waals surface area contributed by atoms with Crippen LogP contribution in [0.1, 0.15) is 22.8 Å². The number of hydrogen-bond donors (Lipinski definition) is 4. The largest absolute Gasteiger partial charge is 0.497 e. The van der Waals surface area contributed by atoms with Crippen molar-refractivity contribution in [2.75, 3.05) is 48.0 Å². The van der Waals surface area contributed by atoms with Crippen LogP contribution in [0.2, 0.25) is 0 Å². The van der Waals surface area contributed by atoms with Crippen molar-refractivity contribution in [2.24, 2.45) is 0 Å². The molecule has 5 N–H and O–H groups in total. The molecular weight excluding hydrogens is 618 g/mol. The second kappa shape index (κ2) is 14.0. The zero-order valence-electron chi connectivity index (χ0n) is 25.1. The van der Waals surface area contributed by atoms with Crippen LogP contribution in [0.3, 0.4) is 0 Å². The highest BCUT2D eigenvalue weighted by molar-refractivity contribution is 7.19. The van der Waals surface area contributed by atoms with Gasteiger partial charge in [0.1, 0.15) is 28.1 Å². The number of nitrogens with one attached hydrogen (secondary N) is 3. The third-order valence-electron chi connectivity index (χ3n) is 6.79. The number of hydrogen-bond acceptors (Lipinski definition) is 10. The van der Waals surface area contributed by atoms with E-state index in [1.807, 2.05) is 32.0 Å². The zero-order valence-corrected chi connectivity index (χ0v) is 25.9. The van der Waals surface area contributed by atoms with Crippen molar-refractivity contribution in [2.45, 2.75) is 13.8 Å². The number of amides is 3. The first-order valence-electron chi connectivity index (χ1n) is 14.1. The van der Waals surface area contributed by atoms with E-state index in [9.17, 15) is 18.4 Å². The van der Waals surface area contributed by atoms with Gasteiger partial charge in [0, 0.05) is 37.0 Å². The molecule has 3 amide bonds. The molecule has 0 saturated carbocycles. The van der Waals surface area contributed by atoms with E-state index in [1.54, 1.807) is 12.1 Å². The number of halogens is 2. The average molecular weight is 649 g/mol. The quantitative estimate of drug-likeness (QED) is 0.136. The van der Waals surface area contributed by atoms with Gasteiger partial charge in [-0.15, -0.1) is 0 Å². The van der Waals surface area contributed by atoms with Crippen LogP contribution in [-0.4, -0.2) is 53.8 Å². The fraction of sp³-hybridized carbons (Fsp3) is 0.194. The standard InChI is InChI=1S/C31H30F2N8O4S/c1-4-41(19-9-5-7-17(2)13-19)12-11-35-30(43)39-31-37-26(34)25(46-31)29-38-27(40-45-29)21-15-24(23(33)16-22(21)32)36-28(42)18-8-6-10-20(14-18)44-3/h5-10,13-16H,4,11-12,34H2,1-3H3,(H,36,42)(H2,35,37,39,43). The molecule has 2 heterocycles. The number of aryl methyl sites for hydroxylation is 1. The molecule has 5 aromatic rings. The Bertz CT molecular complexity index is 1880. The molecule has 2 aromatic heterocycles. The van der Waals surface area contributed by atoms with Gasteiger partial charge in [-0.2, -0.15) is 4.98 Å². The Morgan fingerprint density at radius 1 is 1.04 bits per heavy atom. The van der Waals surface area contributed by atoms with Crippen LogP contribution in [0.4, 0.5) is 35.9 Å². The van der Waals surface area contributed by atoms with E-state index in [-0.39, 0.29) is 44.4 Å². The third kappa shape index (κ3) is 7.38. The van der Waals surface area contributed by atoms with Crippen molar-refractivity contribution in [3.8, 4) is 27.9 Å². The van der Waals surface area contributed by atoms with Gasteiger partial charge in [0.05, 0.1) is 18.4 Å². The van der Waals surface area contributed by atoms with Crippen LogP contribution in [0.25, 0.3) is 22.2 Å². The maximum Gasteiger partial charge on any atom is 0.321 e. The van der Waals surface area contributed by atoms with E-state index in [1.165, 1.54) is 19.2 Å². The predicted molar refractivity (Wildman–Crippen MR) is 172 cm³/mol. The molecule has 0 atom stereocenters. The van der Waals surface area contributed by atoms with Crippen molar-refractivity contribution in [1.82, 2.24) is 20.4 Å². The van der Waals surface area contributed by atoms with Crippen LogP contribution in [0, 0.1) is 18.6 Å². The molecule has 0 saturated heterocycles. The summed E-state index contributed by atoms with van der Waals surface area (Å²) in [6, 6.07) is 15.5. The molecule has 15 heteroatoms. The van der Waals surface area contributed by atoms with Gasteiger partial charge < -0.3 is 30.5 Å². The molecule has 12 nitrogen and oxygen atoms in total. The number of carbonyl (C=O) groups is 2. The Labute approximate surface area is 266 Å². The number of rotatable bonds is 11. The first-order valence-corrected chi connectivity index (χ1v) is 14.9. The highest BCUT2D eigenvalue weighted by atomic mass is 32.1. The number of anilines is 4. The van der Waals surface area contributed by atoms with Gasteiger partial charge in [-0.25, -0.2) is 18.6 Å². The molecule has 0 spiro atoms. The summed E-state index contributed by atoms with van der Waals surface area (Å²) in [5.41, 5.74) is 7.93. The molecule has 5 rings (SSSR count). The zero-order chi connectivity index (χ0) is 32.8. The summed E-state index contributed by atoms with van der Waals surface area (Å²) in [6.07, 6.45) is 0. The van der Waals surface area contributed by atoms with E-state index in [4.69, 9.17) is 15.0 Å². The minimum atomic E-state index is -1.00. The Morgan fingerprint density at radius 3 is 2.61 bits per heavy atom. The number of ether oxygens (including phenoxy) is 1. The van der Waals surface area contributed by atoms with Gasteiger partial charge in [-0.1, -0.05) is 34.7 Å². The van der Waals surface area contributed by atoms with Gasteiger partial charge in [0.25, 0.3) is 11.8 Å². The monoisotopic (exact) mass is 648 g/mol. The molecule has 0 aliphatic heterocycles. The van der Waals surface area contributed by atoms with Crippen LogP contribution >= 0.6 is 11.3 Å². The summed E-state index contributed by atoms with van der Waals surface area (Å²) in [5, 5.41) is 11.8. The normalized spacial score (nSPS) is 10.8. The molecule has 0 radical (unpaired) electrons. The summed E-state index contributed by atoms with van der Waals surface area (Å²) in [6.45, 7) is 5.80. The minimum absolute atomic E-state index is 0.00192. The predicted octanol–water partition coefficient (Wildman–Crippen LogP) is 5.94. The lowest BCUT2D eigenvalue weighted by atomic mass is 10.1. The van der Waals surface area contributed by atoms with Crippen LogP contribution in [-0.2, 0) is 0 Å². The number of carbonyl (C=O) groups excluding carboxylic acids is 2. The fourth-order valence-corrected chi connectivity index (χ4v) is 5.28. The van der Waals surface area contributed by atoms with Gasteiger partial charge >= 0.3 is 6.03 Å². The first kappa shape index (κ1) is 31.8. The van der Waals surface area contributed by atoms with Crippen molar-refractivity contribution >= 4 is 45.6 Å². The number of nitrogen functional groups attached to an aromatic ring is 1. The van der Waals surface area contributed by atoms with E-state index in [2.05, 4.69) is 42.0 Å². The number of benzene rings is 3. The molecule has 0 aliphatic rings. The number of nitrogens with two attached hydrogens (primary N) is 1. The number of nitrogens with zero attached hydrogens (tertiary/aromatic N) is 4. The maximum atomic E-state index is 14.8. The van der Waals surface area contributed by atoms with Crippen LogP contribution < -0.4 is 31.3 Å². The average Bonchev–Trinajstić information content (AvgIpc) is 3.66. The molecule has 0 bridgehead atoms.